The molecular weight excluding hydrogens is 220 g/mol. The number of morpholine rings is 1. The van der Waals surface area contributed by atoms with E-state index in [-0.39, 0.29) is 36.9 Å². The Kier molecular flexibility index (Phi) is 4.79. The van der Waals surface area contributed by atoms with Crippen LogP contribution in [0.25, 0.3) is 0 Å². The van der Waals surface area contributed by atoms with Crippen LogP contribution in [-0.2, 0) is 9.53 Å². The number of nitrogens with zero attached hydrogens (tertiary/aromatic N) is 1. The molecule has 2 heterocycles. The molecule has 2 rings (SSSR count). The zero-order valence-electron chi connectivity index (χ0n) is 8.52. The largest absolute Gasteiger partial charge is 0.394 e. The Labute approximate surface area is 95.2 Å². The molecule has 0 spiro atoms. The number of rotatable bonds is 2. The highest BCUT2D eigenvalue weighted by Crippen LogP contribution is 2.12. The SMILES string of the molecule is Cl.O=C(C1CNC1)N1CCOC(CO)C1. The van der Waals surface area contributed by atoms with Gasteiger partial charge in [-0.15, -0.1) is 12.4 Å². The number of hydrogen-bond donors (Lipinski definition) is 2. The first kappa shape index (κ1) is 12.7. The minimum absolute atomic E-state index is 0. The third-order valence-electron chi connectivity index (χ3n) is 2.78. The monoisotopic (exact) mass is 236 g/mol. The summed E-state index contributed by atoms with van der Waals surface area (Å²) in [5.74, 6) is 0.345. The Morgan fingerprint density at radius 1 is 1.53 bits per heavy atom. The second kappa shape index (κ2) is 5.65. The number of aliphatic hydroxyl groups is 1. The summed E-state index contributed by atoms with van der Waals surface area (Å²) in [7, 11) is 0. The van der Waals surface area contributed by atoms with Crippen LogP contribution in [0, 0.1) is 5.92 Å². The Balaban J connectivity index is 0.00000112. The molecule has 2 aliphatic heterocycles. The number of nitrogens with one attached hydrogen (secondary N) is 1. The van der Waals surface area contributed by atoms with E-state index >= 15 is 0 Å². The molecule has 1 atom stereocenters. The molecule has 2 aliphatic rings. The fourth-order valence-corrected chi connectivity index (χ4v) is 1.75. The van der Waals surface area contributed by atoms with E-state index in [1.807, 2.05) is 0 Å². The Morgan fingerprint density at radius 2 is 2.27 bits per heavy atom. The molecule has 1 amide bonds. The number of ether oxygens (including phenoxy) is 1. The number of halogens is 1. The van der Waals surface area contributed by atoms with E-state index in [9.17, 15) is 4.79 Å². The summed E-state index contributed by atoms with van der Waals surface area (Å²) in [6.07, 6.45) is -0.194. The number of hydrogen-bond acceptors (Lipinski definition) is 4. The van der Waals surface area contributed by atoms with Crippen LogP contribution in [0.15, 0.2) is 0 Å². The summed E-state index contributed by atoms with van der Waals surface area (Å²) in [4.78, 5) is 13.6. The van der Waals surface area contributed by atoms with Gasteiger partial charge in [-0.2, -0.15) is 0 Å². The summed E-state index contributed by atoms with van der Waals surface area (Å²) < 4.78 is 5.28. The third kappa shape index (κ3) is 2.81. The molecule has 0 saturated carbocycles. The van der Waals surface area contributed by atoms with Crippen LogP contribution in [-0.4, -0.2) is 61.4 Å². The summed E-state index contributed by atoms with van der Waals surface area (Å²) in [5, 5.41) is 12.0. The van der Waals surface area contributed by atoms with Crippen LogP contribution >= 0.6 is 12.4 Å². The fourth-order valence-electron chi connectivity index (χ4n) is 1.75. The molecule has 0 bridgehead atoms. The van der Waals surface area contributed by atoms with Gasteiger partial charge in [0.2, 0.25) is 5.91 Å². The molecule has 2 saturated heterocycles. The van der Waals surface area contributed by atoms with Crippen molar-refractivity contribution in [3.8, 4) is 0 Å². The van der Waals surface area contributed by atoms with Gasteiger partial charge in [0.1, 0.15) is 0 Å². The van der Waals surface area contributed by atoms with Crippen LogP contribution in [0.1, 0.15) is 0 Å². The van der Waals surface area contributed by atoms with Gasteiger partial charge in [0, 0.05) is 26.2 Å². The lowest BCUT2D eigenvalue weighted by Gasteiger charge is -2.37. The summed E-state index contributed by atoms with van der Waals surface area (Å²) >= 11 is 0. The molecule has 0 radical (unpaired) electrons. The lowest BCUT2D eigenvalue weighted by Crippen LogP contribution is -2.56. The lowest BCUT2D eigenvalue weighted by atomic mass is 10.0. The molecule has 0 aliphatic carbocycles. The Hall–Kier alpha value is -0.360. The maximum Gasteiger partial charge on any atom is 0.228 e. The smallest absolute Gasteiger partial charge is 0.228 e. The quantitative estimate of drug-likeness (QED) is 0.636. The molecular formula is C9H17ClN2O3. The van der Waals surface area contributed by atoms with Crippen LogP contribution in [0.3, 0.4) is 0 Å². The van der Waals surface area contributed by atoms with Crippen molar-refractivity contribution < 1.29 is 14.6 Å². The zero-order valence-corrected chi connectivity index (χ0v) is 9.33. The first-order valence-electron chi connectivity index (χ1n) is 5.03. The third-order valence-corrected chi connectivity index (χ3v) is 2.78. The van der Waals surface area contributed by atoms with Crippen molar-refractivity contribution in [1.82, 2.24) is 10.2 Å². The maximum atomic E-state index is 11.8. The highest BCUT2D eigenvalue weighted by molar-refractivity contribution is 5.85. The van der Waals surface area contributed by atoms with E-state index in [2.05, 4.69) is 5.32 Å². The second-order valence-corrected chi connectivity index (χ2v) is 3.81. The van der Waals surface area contributed by atoms with Crippen molar-refractivity contribution in [3.05, 3.63) is 0 Å². The van der Waals surface area contributed by atoms with E-state index < -0.39 is 0 Å². The topological polar surface area (TPSA) is 61.8 Å². The average Bonchev–Trinajstić information content (AvgIpc) is 2.15. The van der Waals surface area contributed by atoms with E-state index in [0.717, 1.165) is 13.1 Å². The Bertz CT molecular complexity index is 223. The van der Waals surface area contributed by atoms with E-state index in [0.29, 0.717) is 19.7 Å². The Morgan fingerprint density at radius 3 is 2.80 bits per heavy atom. The van der Waals surface area contributed by atoms with E-state index in [4.69, 9.17) is 9.84 Å². The molecule has 5 nitrogen and oxygen atoms in total. The molecule has 6 heteroatoms. The van der Waals surface area contributed by atoms with Crippen LogP contribution in [0.4, 0.5) is 0 Å². The number of carbonyl (C=O) groups excluding carboxylic acids is 1. The highest BCUT2D eigenvalue weighted by Gasteiger charge is 2.32. The van der Waals surface area contributed by atoms with Crippen molar-refractivity contribution >= 4 is 18.3 Å². The number of carbonyl (C=O) groups is 1. The second-order valence-electron chi connectivity index (χ2n) is 3.81. The number of amides is 1. The van der Waals surface area contributed by atoms with Crippen molar-refractivity contribution in [2.24, 2.45) is 5.92 Å². The van der Waals surface area contributed by atoms with Crippen LogP contribution in [0.5, 0.6) is 0 Å². The maximum absolute atomic E-state index is 11.8. The van der Waals surface area contributed by atoms with Crippen LogP contribution in [0.2, 0.25) is 0 Å². The highest BCUT2D eigenvalue weighted by atomic mass is 35.5. The van der Waals surface area contributed by atoms with Gasteiger partial charge in [-0.3, -0.25) is 4.79 Å². The molecule has 2 fully saturated rings. The summed E-state index contributed by atoms with van der Waals surface area (Å²) in [5.41, 5.74) is 0. The zero-order chi connectivity index (χ0) is 9.97. The molecule has 2 N–H and O–H groups in total. The molecule has 88 valence electrons. The molecule has 0 aromatic rings. The first-order chi connectivity index (χ1) is 6.81. The van der Waals surface area contributed by atoms with Crippen molar-refractivity contribution in [2.75, 3.05) is 39.4 Å². The summed E-state index contributed by atoms with van der Waals surface area (Å²) in [6, 6.07) is 0. The molecule has 15 heavy (non-hydrogen) atoms. The van der Waals surface area contributed by atoms with Crippen molar-refractivity contribution in [3.63, 3.8) is 0 Å². The number of aliphatic hydroxyl groups excluding tert-OH is 1. The van der Waals surface area contributed by atoms with Gasteiger partial charge in [-0.1, -0.05) is 0 Å². The van der Waals surface area contributed by atoms with E-state index in [1.54, 1.807) is 4.90 Å². The molecule has 0 aromatic heterocycles. The average molecular weight is 237 g/mol. The standard InChI is InChI=1S/C9H16N2O3.ClH/c12-6-8-5-11(1-2-14-8)9(13)7-3-10-4-7;/h7-8,10,12H,1-6H2;1H. The van der Waals surface area contributed by atoms with Gasteiger partial charge < -0.3 is 20.1 Å². The predicted octanol–water partition coefficient (Wildman–Crippen LogP) is -1.15. The van der Waals surface area contributed by atoms with Crippen molar-refractivity contribution in [1.29, 1.82) is 0 Å². The van der Waals surface area contributed by atoms with Gasteiger partial charge in [0.05, 0.1) is 25.2 Å². The van der Waals surface area contributed by atoms with Gasteiger partial charge in [-0.05, 0) is 0 Å². The normalized spacial score (nSPS) is 26.7. The van der Waals surface area contributed by atoms with Gasteiger partial charge in [-0.25, -0.2) is 0 Å². The minimum Gasteiger partial charge on any atom is -0.394 e. The van der Waals surface area contributed by atoms with E-state index in [1.165, 1.54) is 0 Å². The van der Waals surface area contributed by atoms with Crippen molar-refractivity contribution in [2.45, 2.75) is 6.10 Å². The fraction of sp³-hybridized carbons (Fsp3) is 0.889. The first-order valence-corrected chi connectivity index (χ1v) is 5.03. The molecule has 0 aromatic carbocycles. The summed E-state index contributed by atoms with van der Waals surface area (Å²) in [6.45, 7) is 3.31. The molecule has 1 unspecified atom stereocenters. The predicted molar refractivity (Wildman–Crippen MR) is 57.0 cm³/mol. The van der Waals surface area contributed by atoms with Gasteiger partial charge in [0.15, 0.2) is 0 Å². The van der Waals surface area contributed by atoms with Crippen LogP contribution < -0.4 is 5.32 Å². The minimum atomic E-state index is -0.194. The van der Waals surface area contributed by atoms with Gasteiger partial charge >= 0.3 is 0 Å². The lowest BCUT2D eigenvalue weighted by molar-refractivity contribution is -0.146. The van der Waals surface area contributed by atoms with Gasteiger partial charge in [0.25, 0.3) is 0 Å².